The van der Waals surface area contributed by atoms with Gasteiger partial charge in [-0.3, -0.25) is 0 Å². The molecule has 0 radical (unpaired) electrons. The Bertz CT molecular complexity index is 170. The zero-order valence-electron chi connectivity index (χ0n) is 7.19. The Morgan fingerprint density at radius 1 is 0.833 bits per heavy atom. The Balaban J connectivity index is 1.91. The van der Waals surface area contributed by atoms with E-state index in [9.17, 15) is 14.7 Å². The Morgan fingerprint density at radius 2 is 1.17 bits per heavy atom. The van der Waals surface area contributed by atoms with E-state index in [1.165, 1.54) is 0 Å². The molecule has 2 saturated carbocycles. The number of rotatable bonds is 4. The SMILES string of the molecule is OP(O)(O)(CC1CC1)CC1CC1. The van der Waals surface area contributed by atoms with Gasteiger partial charge >= 0.3 is 71.8 Å². The summed E-state index contributed by atoms with van der Waals surface area (Å²) in [5.74, 6) is 0.780. The summed E-state index contributed by atoms with van der Waals surface area (Å²) in [6, 6.07) is 0. The van der Waals surface area contributed by atoms with Crippen molar-refractivity contribution in [2.45, 2.75) is 25.7 Å². The monoisotopic (exact) mass is 192 g/mol. The quantitative estimate of drug-likeness (QED) is 0.584. The first-order chi connectivity index (χ1) is 5.42. The molecule has 2 rings (SSSR count). The molecule has 0 atom stereocenters. The van der Waals surface area contributed by atoms with Crippen LogP contribution in [0.1, 0.15) is 25.7 Å². The minimum atomic E-state index is -4.17. The van der Waals surface area contributed by atoms with Crippen LogP contribution in [-0.2, 0) is 0 Å². The molecule has 0 aliphatic heterocycles. The average molecular weight is 192 g/mol. The van der Waals surface area contributed by atoms with Gasteiger partial charge in [0.25, 0.3) is 0 Å². The molecule has 0 aromatic heterocycles. The summed E-state index contributed by atoms with van der Waals surface area (Å²) in [7, 11) is -4.17. The van der Waals surface area contributed by atoms with Crippen molar-refractivity contribution in [3.05, 3.63) is 0 Å². The summed E-state index contributed by atoms with van der Waals surface area (Å²) < 4.78 is 0. The fourth-order valence-corrected chi connectivity index (χ4v) is 4.73. The number of hydrogen-bond acceptors (Lipinski definition) is 3. The topological polar surface area (TPSA) is 60.7 Å². The molecule has 0 heterocycles. The second-order valence-corrected chi connectivity index (χ2v) is 8.00. The second kappa shape index (κ2) is 2.42. The third-order valence-corrected chi connectivity index (χ3v) is 5.19. The van der Waals surface area contributed by atoms with Gasteiger partial charge in [0.15, 0.2) is 0 Å². The second-order valence-electron chi connectivity index (χ2n) is 4.59. The average Bonchev–Trinajstić information content (AvgIpc) is 2.60. The summed E-state index contributed by atoms with van der Waals surface area (Å²) in [4.78, 5) is 28.9. The molecular formula is C8H17O3P. The molecular weight excluding hydrogens is 175 g/mol. The Hall–Kier alpha value is 0.310. The predicted molar refractivity (Wildman–Crippen MR) is 48.8 cm³/mol. The summed E-state index contributed by atoms with van der Waals surface area (Å²) in [6.07, 6.45) is 4.77. The predicted octanol–water partition coefficient (Wildman–Crippen LogP) is 1.08. The molecule has 3 N–H and O–H groups in total. The molecule has 0 aromatic carbocycles. The van der Waals surface area contributed by atoms with Gasteiger partial charge in [-0.2, -0.15) is 0 Å². The van der Waals surface area contributed by atoms with Crippen molar-refractivity contribution in [3.63, 3.8) is 0 Å². The van der Waals surface area contributed by atoms with E-state index in [4.69, 9.17) is 0 Å². The van der Waals surface area contributed by atoms with Crippen LogP contribution in [0.2, 0.25) is 0 Å². The van der Waals surface area contributed by atoms with E-state index < -0.39 is 7.28 Å². The van der Waals surface area contributed by atoms with Gasteiger partial charge in [0.2, 0.25) is 0 Å². The first-order valence-corrected chi connectivity index (χ1v) is 7.15. The number of hydrogen-bond donors (Lipinski definition) is 3. The van der Waals surface area contributed by atoms with Gasteiger partial charge in [-0.25, -0.2) is 0 Å². The Kier molecular flexibility index (Phi) is 1.79. The Labute approximate surface area is 72.6 Å². The molecule has 4 heteroatoms. The van der Waals surface area contributed by atoms with Gasteiger partial charge in [-0.1, -0.05) is 0 Å². The van der Waals surface area contributed by atoms with Crippen molar-refractivity contribution in [2.24, 2.45) is 11.8 Å². The first-order valence-electron chi connectivity index (χ1n) is 4.68. The zero-order valence-corrected chi connectivity index (χ0v) is 8.08. The van der Waals surface area contributed by atoms with E-state index in [0.29, 0.717) is 11.8 Å². The van der Waals surface area contributed by atoms with Gasteiger partial charge in [0, 0.05) is 0 Å². The van der Waals surface area contributed by atoms with Crippen LogP contribution < -0.4 is 0 Å². The fourth-order valence-electron chi connectivity index (χ4n) is 1.73. The molecule has 72 valence electrons. The molecule has 0 amide bonds. The van der Waals surface area contributed by atoms with E-state index in [0.717, 1.165) is 25.7 Å². The summed E-state index contributed by atoms with van der Waals surface area (Å²) in [5, 5.41) is 0. The molecule has 2 aliphatic rings. The zero-order chi connectivity index (χ0) is 8.84. The van der Waals surface area contributed by atoms with Crippen molar-refractivity contribution < 1.29 is 14.7 Å². The molecule has 0 saturated heterocycles. The van der Waals surface area contributed by atoms with Crippen LogP contribution in [0.15, 0.2) is 0 Å². The van der Waals surface area contributed by atoms with E-state index in [-0.39, 0.29) is 12.3 Å². The van der Waals surface area contributed by atoms with E-state index in [1.54, 1.807) is 0 Å². The first kappa shape index (κ1) is 8.89. The molecule has 0 unspecified atom stereocenters. The van der Waals surface area contributed by atoms with Crippen LogP contribution >= 0.6 is 7.28 Å². The van der Waals surface area contributed by atoms with Crippen LogP contribution in [0.25, 0.3) is 0 Å². The minimum absolute atomic E-state index is 0.266. The van der Waals surface area contributed by atoms with Gasteiger partial charge in [-0.15, -0.1) is 0 Å². The van der Waals surface area contributed by atoms with Crippen LogP contribution in [0.4, 0.5) is 0 Å². The van der Waals surface area contributed by atoms with E-state index in [1.807, 2.05) is 0 Å². The van der Waals surface area contributed by atoms with Crippen LogP contribution in [0.5, 0.6) is 0 Å². The van der Waals surface area contributed by atoms with Crippen LogP contribution in [0, 0.1) is 11.8 Å². The van der Waals surface area contributed by atoms with E-state index >= 15 is 0 Å². The third-order valence-electron chi connectivity index (χ3n) is 2.66. The molecule has 0 bridgehead atoms. The molecule has 2 aliphatic carbocycles. The molecule has 2 fully saturated rings. The van der Waals surface area contributed by atoms with Crippen molar-refractivity contribution in [2.75, 3.05) is 12.3 Å². The van der Waals surface area contributed by atoms with Gasteiger partial charge in [0.05, 0.1) is 0 Å². The molecule has 0 aromatic rings. The van der Waals surface area contributed by atoms with Crippen molar-refractivity contribution in [3.8, 4) is 0 Å². The van der Waals surface area contributed by atoms with Crippen molar-refractivity contribution in [1.82, 2.24) is 0 Å². The third kappa shape index (κ3) is 2.67. The van der Waals surface area contributed by atoms with E-state index in [2.05, 4.69) is 0 Å². The fraction of sp³-hybridized carbons (Fsp3) is 1.00. The molecule has 0 spiro atoms. The molecule has 12 heavy (non-hydrogen) atoms. The van der Waals surface area contributed by atoms with Crippen LogP contribution in [-0.4, -0.2) is 27.0 Å². The standard InChI is InChI=1S/C8H17O3P/c9-12(10,11,5-7-1-2-7)6-8-3-4-8/h7-11H,1-6H2. The van der Waals surface area contributed by atoms with Crippen molar-refractivity contribution in [1.29, 1.82) is 0 Å². The Morgan fingerprint density at radius 3 is 1.42 bits per heavy atom. The molecule has 3 nitrogen and oxygen atoms in total. The maximum atomic E-state index is 9.64. The van der Waals surface area contributed by atoms with Gasteiger partial charge in [0.1, 0.15) is 0 Å². The summed E-state index contributed by atoms with van der Waals surface area (Å²) in [5.41, 5.74) is 0. The summed E-state index contributed by atoms with van der Waals surface area (Å²) in [6.45, 7) is 0. The van der Waals surface area contributed by atoms with Crippen LogP contribution in [0.3, 0.4) is 0 Å². The van der Waals surface area contributed by atoms with Crippen molar-refractivity contribution >= 4 is 7.28 Å². The maximum absolute atomic E-state index is 9.64. The normalized spacial score (nSPS) is 28.1. The van der Waals surface area contributed by atoms with Gasteiger partial charge < -0.3 is 0 Å². The summed E-state index contributed by atoms with van der Waals surface area (Å²) >= 11 is 0. The van der Waals surface area contributed by atoms with Gasteiger partial charge in [-0.05, 0) is 0 Å².